The van der Waals surface area contributed by atoms with Crippen molar-refractivity contribution in [2.45, 2.75) is 9.79 Å². The number of sulfonamides is 2. The standard InChI is InChI=1S/C6H5Cl2N2O4S2.Na/c7-4-1-3(15(9,11)12)2-5(6(4)8)16(10,13)14;/h1-2H,(H3-,9,10,11,12,13,14);/q-1;+1. The smallest absolute Gasteiger partial charge is 0.560 e. The minimum Gasteiger partial charge on any atom is -0.560 e. The summed E-state index contributed by atoms with van der Waals surface area (Å²) in [6, 6.07) is 1.56. The molecule has 1 aromatic carbocycles. The van der Waals surface area contributed by atoms with Crippen molar-refractivity contribution in [3.63, 3.8) is 0 Å². The number of benzene rings is 1. The fraction of sp³-hybridized carbons (Fsp3) is 0. The molecule has 90 valence electrons. The van der Waals surface area contributed by atoms with E-state index in [0.29, 0.717) is 6.07 Å². The molecular weight excluding hydrogens is 322 g/mol. The van der Waals surface area contributed by atoms with E-state index in [1.54, 1.807) is 0 Å². The Kier molecular flexibility index (Phi) is 5.93. The topological polar surface area (TPSA) is 118 Å². The predicted octanol–water partition coefficient (Wildman–Crippen LogP) is -1.61. The Morgan fingerprint density at radius 2 is 1.59 bits per heavy atom. The number of nitrogens with two attached hydrogens (primary N) is 1. The summed E-state index contributed by atoms with van der Waals surface area (Å²) >= 11 is 11.1. The van der Waals surface area contributed by atoms with Crippen LogP contribution in [-0.2, 0) is 20.0 Å². The molecule has 0 aliphatic carbocycles. The van der Waals surface area contributed by atoms with Gasteiger partial charge in [-0.15, -0.1) is 0 Å². The monoisotopic (exact) mass is 326 g/mol. The van der Waals surface area contributed by atoms with Crippen molar-refractivity contribution in [3.05, 3.63) is 27.3 Å². The Labute approximate surface area is 131 Å². The van der Waals surface area contributed by atoms with E-state index in [1.165, 1.54) is 0 Å². The van der Waals surface area contributed by atoms with Crippen LogP contribution in [0.3, 0.4) is 0 Å². The minimum absolute atomic E-state index is 0. The molecule has 0 bridgehead atoms. The van der Waals surface area contributed by atoms with Crippen molar-refractivity contribution < 1.29 is 46.4 Å². The third-order valence-electron chi connectivity index (χ3n) is 1.59. The summed E-state index contributed by atoms with van der Waals surface area (Å²) in [5, 5.41) is 10.9. The Morgan fingerprint density at radius 3 is 1.94 bits per heavy atom. The van der Waals surface area contributed by atoms with Gasteiger partial charge in [-0.2, -0.15) is 0 Å². The van der Waals surface area contributed by atoms with Gasteiger partial charge in [-0.25, -0.2) is 22.0 Å². The normalized spacial score (nSPS) is 12.0. The van der Waals surface area contributed by atoms with Crippen LogP contribution in [0.4, 0.5) is 0 Å². The van der Waals surface area contributed by atoms with Crippen LogP contribution in [0.15, 0.2) is 21.9 Å². The summed E-state index contributed by atoms with van der Waals surface area (Å²) in [4.78, 5) is -1.22. The van der Waals surface area contributed by atoms with E-state index < -0.39 is 29.8 Å². The van der Waals surface area contributed by atoms with E-state index in [2.05, 4.69) is 0 Å². The minimum atomic E-state index is -4.34. The van der Waals surface area contributed by atoms with E-state index in [1.807, 2.05) is 0 Å². The second-order valence-electron chi connectivity index (χ2n) is 2.77. The van der Waals surface area contributed by atoms with Crippen molar-refractivity contribution in [1.82, 2.24) is 0 Å². The maximum atomic E-state index is 11.1. The molecule has 0 aliphatic heterocycles. The Balaban J connectivity index is 0.00000256. The number of hydrogen-bond donors (Lipinski definition) is 1. The van der Waals surface area contributed by atoms with E-state index in [9.17, 15) is 16.8 Å². The van der Waals surface area contributed by atoms with Crippen LogP contribution in [0.5, 0.6) is 0 Å². The van der Waals surface area contributed by atoms with Crippen LogP contribution in [0.1, 0.15) is 0 Å². The van der Waals surface area contributed by atoms with Crippen molar-refractivity contribution in [3.8, 4) is 0 Å². The summed E-state index contributed by atoms with van der Waals surface area (Å²) in [6.07, 6.45) is 0. The van der Waals surface area contributed by atoms with Gasteiger partial charge in [0.05, 0.1) is 25.0 Å². The number of rotatable bonds is 2. The van der Waals surface area contributed by atoms with Crippen LogP contribution in [0, 0.1) is 0 Å². The van der Waals surface area contributed by atoms with Gasteiger partial charge in [0.25, 0.3) is 0 Å². The number of hydrogen-bond acceptors (Lipinski definition) is 4. The molecular formula is C6H5Cl2N2NaO4S2. The largest absolute Gasteiger partial charge is 1.00 e. The second kappa shape index (κ2) is 5.72. The number of halogens is 2. The van der Waals surface area contributed by atoms with Crippen molar-refractivity contribution in [2.24, 2.45) is 5.14 Å². The molecule has 0 aliphatic rings. The van der Waals surface area contributed by atoms with Crippen LogP contribution in [-0.4, -0.2) is 16.8 Å². The van der Waals surface area contributed by atoms with Crippen LogP contribution < -0.4 is 34.7 Å². The molecule has 3 N–H and O–H groups in total. The molecule has 17 heavy (non-hydrogen) atoms. The van der Waals surface area contributed by atoms with Crippen molar-refractivity contribution in [2.75, 3.05) is 0 Å². The molecule has 0 saturated carbocycles. The molecule has 0 spiro atoms. The zero-order valence-electron chi connectivity index (χ0n) is 8.44. The molecule has 0 fully saturated rings. The molecule has 0 aromatic heterocycles. The summed E-state index contributed by atoms with van der Waals surface area (Å²) in [6.45, 7) is 0. The first-order chi connectivity index (χ1) is 7.03. The van der Waals surface area contributed by atoms with Gasteiger partial charge in [0.15, 0.2) is 0 Å². The first-order valence-electron chi connectivity index (χ1n) is 3.55. The molecule has 0 amide bonds. The Hall–Kier alpha value is 0.620. The molecule has 0 radical (unpaired) electrons. The average Bonchev–Trinajstić information content (AvgIpc) is 2.05. The maximum absolute atomic E-state index is 11.1. The van der Waals surface area contributed by atoms with Crippen LogP contribution >= 0.6 is 23.2 Å². The zero-order valence-corrected chi connectivity index (χ0v) is 13.6. The SMILES string of the molecule is [NH-]S(=O)(=O)c1cc(Cl)c(Cl)c(S(N)(=O)=O)c1.[Na+]. The summed E-state index contributed by atoms with van der Waals surface area (Å²) in [5.41, 5.74) is 0. The third-order valence-corrected chi connectivity index (χ3v) is 4.29. The zero-order chi connectivity index (χ0) is 12.7. The van der Waals surface area contributed by atoms with E-state index in [-0.39, 0.29) is 39.6 Å². The number of primary sulfonamides is 1. The molecule has 0 unspecified atom stereocenters. The first kappa shape index (κ1) is 17.6. The predicted molar refractivity (Wildman–Crippen MR) is 59.3 cm³/mol. The quantitative estimate of drug-likeness (QED) is 0.657. The molecule has 0 saturated heterocycles. The molecule has 0 heterocycles. The molecule has 1 rings (SSSR count). The van der Waals surface area contributed by atoms with Crippen LogP contribution in [0.25, 0.3) is 5.14 Å². The maximum Gasteiger partial charge on any atom is 1.00 e. The fourth-order valence-corrected chi connectivity index (χ4v) is 2.95. The van der Waals surface area contributed by atoms with E-state index >= 15 is 0 Å². The van der Waals surface area contributed by atoms with Gasteiger partial charge in [-0.3, -0.25) is 0 Å². The molecule has 6 nitrogen and oxygen atoms in total. The van der Waals surface area contributed by atoms with Gasteiger partial charge in [0, 0.05) is 0 Å². The number of nitrogens with one attached hydrogen (secondary N) is 1. The third kappa shape index (κ3) is 4.34. The molecule has 11 heteroatoms. The average molecular weight is 327 g/mol. The van der Waals surface area contributed by atoms with Crippen molar-refractivity contribution >= 4 is 43.2 Å². The summed E-state index contributed by atoms with van der Waals surface area (Å²) < 4.78 is 43.9. The van der Waals surface area contributed by atoms with Gasteiger partial charge in [-0.1, -0.05) is 23.2 Å². The van der Waals surface area contributed by atoms with Crippen molar-refractivity contribution in [1.29, 1.82) is 0 Å². The Bertz CT molecular complexity index is 644. The first-order valence-corrected chi connectivity index (χ1v) is 7.33. The van der Waals surface area contributed by atoms with Gasteiger partial charge in [0.2, 0.25) is 10.0 Å². The Morgan fingerprint density at radius 1 is 1.12 bits per heavy atom. The second-order valence-corrected chi connectivity index (χ2v) is 6.56. The molecule has 1 aromatic rings. The fourth-order valence-electron chi connectivity index (χ4n) is 0.902. The van der Waals surface area contributed by atoms with Gasteiger partial charge in [-0.05, 0) is 12.1 Å². The van der Waals surface area contributed by atoms with Gasteiger partial charge in [0.1, 0.15) is 4.90 Å². The van der Waals surface area contributed by atoms with Gasteiger partial charge < -0.3 is 5.14 Å². The summed E-state index contributed by atoms with van der Waals surface area (Å²) in [7, 11) is -8.54. The summed E-state index contributed by atoms with van der Waals surface area (Å²) in [5.74, 6) is 0. The van der Waals surface area contributed by atoms with Gasteiger partial charge >= 0.3 is 29.6 Å². The van der Waals surface area contributed by atoms with Crippen LogP contribution in [0.2, 0.25) is 10.0 Å². The van der Waals surface area contributed by atoms with E-state index in [0.717, 1.165) is 6.07 Å². The van der Waals surface area contributed by atoms with E-state index in [4.69, 9.17) is 33.5 Å². The molecule has 0 atom stereocenters.